The van der Waals surface area contributed by atoms with Crippen LogP contribution in [0.5, 0.6) is 17.5 Å². The Hall–Kier alpha value is -7.29. The predicted molar refractivity (Wildman–Crippen MR) is 293 cm³/mol. The molecule has 20 nitrogen and oxygen atoms in total. The monoisotopic (exact) mass is 1060 g/mol. The van der Waals surface area contributed by atoms with Gasteiger partial charge in [0.2, 0.25) is 17.7 Å². The molecule has 2 aromatic carbocycles. The number of piperazine rings is 1. The Bertz CT molecular complexity index is 3030. The minimum atomic E-state index is -0.837. The van der Waals surface area contributed by atoms with Gasteiger partial charge in [-0.15, -0.1) is 10.2 Å². The number of nitrogens with two attached hydrogens (primary N) is 1. The van der Waals surface area contributed by atoms with Gasteiger partial charge in [-0.1, -0.05) is 50.2 Å². The van der Waals surface area contributed by atoms with E-state index in [0.717, 1.165) is 98.6 Å². The molecular weight excluding hydrogens is 993 g/mol. The van der Waals surface area contributed by atoms with Crippen molar-refractivity contribution < 1.29 is 38.5 Å². The minimum absolute atomic E-state index is 0.0487. The van der Waals surface area contributed by atoms with E-state index in [4.69, 9.17) is 24.5 Å². The van der Waals surface area contributed by atoms with Gasteiger partial charge in [0.05, 0.1) is 53.5 Å². The molecule has 2 unspecified atom stereocenters. The smallest absolute Gasteiger partial charge is 0.254 e. The summed E-state index contributed by atoms with van der Waals surface area (Å²) in [4.78, 5) is 45.7. The first kappa shape index (κ1) is 52.7. The van der Waals surface area contributed by atoms with E-state index in [9.17, 15) is 19.8 Å². The number of phenols is 1. The lowest BCUT2D eigenvalue weighted by Crippen LogP contribution is -2.54. The number of aromatic hydroxyl groups is 1. The zero-order chi connectivity index (χ0) is 54.2. The second-order valence-corrected chi connectivity index (χ2v) is 22.3. The Morgan fingerprint density at radius 3 is 2.35 bits per heavy atom. The Labute approximate surface area is 454 Å². The zero-order valence-corrected chi connectivity index (χ0v) is 45.1. The fourth-order valence-electron chi connectivity index (χ4n) is 12.3. The maximum atomic E-state index is 14.3. The van der Waals surface area contributed by atoms with Crippen LogP contribution < -0.4 is 30.3 Å². The van der Waals surface area contributed by atoms with E-state index in [-0.39, 0.29) is 72.9 Å². The molecule has 4 saturated heterocycles. The number of β-amino-alcohol motifs (C(OH)–C–C–N with tert-alkyl or cyclic N) is 1. The highest BCUT2D eigenvalue weighted by atomic mass is 16.5. The number of pyridine rings is 1. The van der Waals surface area contributed by atoms with Gasteiger partial charge in [0.1, 0.15) is 30.4 Å². The van der Waals surface area contributed by atoms with Crippen LogP contribution in [-0.4, -0.2) is 150 Å². The highest BCUT2D eigenvalue weighted by molar-refractivity contribution is 5.91. The number of carbonyl (C=O) groups is 2. The van der Waals surface area contributed by atoms with Crippen molar-refractivity contribution in [3.63, 3.8) is 0 Å². The van der Waals surface area contributed by atoms with E-state index in [0.29, 0.717) is 47.7 Å². The van der Waals surface area contributed by atoms with Gasteiger partial charge in [0, 0.05) is 113 Å². The van der Waals surface area contributed by atoms with Gasteiger partial charge in [-0.25, -0.2) is 9.97 Å². The number of imidazole rings is 1. The number of nitrogen functional groups attached to an aromatic ring is 1. The molecule has 6 aromatic rings. The van der Waals surface area contributed by atoms with Gasteiger partial charge >= 0.3 is 0 Å². The second kappa shape index (κ2) is 22.6. The number of phenolic OH excluding ortho intramolecular Hbond substituents is 1. The molecule has 5 N–H and O–H groups in total. The van der Waals surface area contributed by atoms with Crippen LogP contribution in [0.15, 0.2) is 89.8 Å². The van der Waals surface area contributed by atoms with E-state index in [1.165, 1.54) is 4.90 Å². The van der Waals surface area contributed by atoms with Crippen LogP contribution in [0.25, 0.3) is 22.5 Å². The number of ether oxygens (including phenoxy) is 3. The van der Waals surface area contributed by atoms with Crippen LogP contribution >= 0.6 is 0 Å². The molecule has 11 rings (SSSR count). The number of aryl methyl sites for hydroxylation is 2. The third kappa shape index (κ3) is 11.2. The number of anilines is 3. The van der Waals surface area contributed by atoms with Gasteiger partial charge in [-0.05, 0) is 80.4 Å². The van der Waals surface area contributed by atoms with Crippen molar-refractivity contribution in [1.82, 2.24) is 45.0 Å². The number of piperidine rings is 1. The predicted octanol–water partition coefficient (Wildman–Crippen LogP) is 6.43. The normalized spacial score (nSPS) is 23.3. The van der Waals surface area contributed by atoms with E-state index in [1.54, 1.807) is 24.5 Å². The molecule has 20 heteroatoms. The number of fused-ring (bicyclic) bond motifs is 2. The Morgan fingerprint density at radius 2 is 1.63 bits per heavy atom. The average molecular weight is 1070 g/mol. The highest BCUT2D eigenvalue weighted by Gasteiger charge is 2.45. The average Bonchev–Trinajstić information content (AvgIpc) is 4.29. The number of carbonyl (C=O) groups excluding carboxylic acids is 2. The number of hydrogen-bond donors (Lipinski definition) is 4. The first-order valence-electron chi connectivity index (χ1n) is 27.6. The first-order chi connectivity index (χ1) is 37.7. The molecule has 2 bridgehead atoms. The molecule has 0 radical (unpaired) electrons. The lowest BCUT2D eigenvalue weighted by atomic mass is 9.91. The van der Waals surface area contributed by atoms with Crippen LogP contribution in [-0.2, 0) is 21.4 Å². The summed E-state index contributed by atoms with van der Waals surface area (Å²) in [7, 11) is 1.96. The molecule has 78 heavy (non-hydrogen) atoms. The quantitative estimate of drug-likeness (QED) is 0.0726. The lowest BCUT2D eigenvalue weighted by Gasteiger charge is -2.43. The number of aliphatic hydroxyl groups excluding tert-OH is 1. The summed E-state index contributed by atoms with van der Waals surface area (Å²) in [5, 5.41) is 37.0. The Morgan fingerprint density at radius 1 is 0.872 bits per heavy atom. The molecule has 2 amide bonds. The molecule has 0 spiro atoms. The van der Waals surface area contributed by atoms with Crippen LogP contribution in [0.1, 0.15) is 94.7 Å². The van der Waals surface area contributed by atoms with Gasteiger partial charge in [0.15, 0.2) is 11.6 Å². The van der Waals surface area contributed by atoms with Crippen molar-refractivity contribution >= 4 is 29.0 Å². The van der Waals surface area contributed by atoms with Gasteiger partial charge in [-0.2, -0.15) is 0 Å². The number of amides is 2. The van der Waals surface area contributed by atoms with E-state index in [2.05, 4.69) is 57.5 Å². The molecule has 4 aliphatic heterocycles. The number of aromatic nitrogens is 6. The number of hydrogen-bond acceptors (Lipinski definition) is 17. The summed E-state index contributed by atoms with van der Waals surface area (Å²) in [6, 6.07) is 22.3. The molecule has 5 aliphatic rings. The number of nitrogens with zero attached hydrogens (tertiary/aromatic N) is 10. The third-order valence-corrected chi connectivity index (χ3v) is 16.5. The van der Waals surface area contributed by atoms with E-state index < -0.39 is 18.1 Å². The van der Waals surface area contributed by atoms with Crippen LogP contribution in [0.2, 0.25) is 0 Å². The second-order valence-electron chi connectivity index (χ2n) is 22.3. The standard InChI is InChI=1S/C58H72N12O8/c1-34(2)54(58(74)69-32-42(71)25-49(69)57(73)62-35(3)37-10-12-38(13-11-37)55-36(4)61-33-66(55)5)51-29-53(65-78-51)75-23-22-67-20-17-43(18-21-67)76-44-26-45(27-44)77-52-24-39(16-19-60-52)70-40-14-15-41(70)31-68(30-40)48-28-47(63-64-56(48)59)46-8-6-7-9-50(46)72/h6-13,16,19,24,28-29,33-35,40-45,49,54,71-72H,14-15,17-18,20-23,25-27,30-32H2,1-5H3,(H2,59,64)(H,62,73)/t35-,40?,41?,42+,44?,45?,49-,54+/m0/s1. The van der Waals surface area contributed by atoms with Crippen molar-refractivity contribution in [3.05, 3.63) is 102 Å². The van der Waals surface area contributed by atoms with E-state index >= 15 is 0 Å². The van der Waals surface area contributed by atoms with Crippen molar-refractivity contribution in [2.24, 2.45) is 13.0 Å². The highest BCUT2D eigenvalue weighted by Crippen LogP contribution is 2.41. The number of benzene rings is 2. The van der Waals surface area contributed by atoms with Gasteiger partial charge < -0.3 is 59.3 Å². The van der Waals surface area contributed by atoms with Crippen molar-refractivity contribution in [2.45, 2.75) is 127 Å². The summed E-state index contributed by atoms with van der Waals surface area (Å²) in [5.41, 5.74) is 13.5. The fourth-order valence-corrected chi connectivity index (χ4v) is 12.3. The molecule has 1 saturated carbocycles. The molecule has 8 heterocycles. The molecule has 6 atom stereocenters. The maximum absolute atomic E-state index is 14.3. The Balaban J connectivity index is 0.602. The summed E-state index contributed by atoms with van der Waals surface area (Å²) in [5.74, 6) is 0.316. The summed E-state index contributed by atoms with van der Waals surface area (Å²) < 4.78 is 26.8. The number of nitrogens with one attached hydrogen (secondary N) is 1. The number of para-hydroxylation sites is 1. The lowest BCUT2D eigenvalue weighted by molar-refractivity contribution is -0.141. The minimum Gasteiger partial charge on any atom is -0.507 e. The third-order valence-electron chi connectivity index (χ3n) is 16.5. The number of rotatable bonds is 18. The largest absolute Gasteiger partial charge is 0.507 e. The summed E-state index contributed by atoms with van der Waals surface area (Å²) in [6.07, 6.45) is 9.00. The summed E-state index contributed by atoms with van der Waals surface area (Å²) >= 11 is 0. The molecule has 4 aromatic heterocycles. The van der Waals surface area contributed by atoms with Crippen LogP contribution in [0, 0.1) is 12.8 Å². The van der Waals surface area contributed by atoms with Gasteiger partial charge in [0.25, 0.3) is 5.88 Å². The van der Waals surface area contributed by atoms with Crippen molar-refractivity contribution in [1.29, 1.82) is 0 Å². The topological polar surface area (TPSA) is 236 Å². The maximum Gasteiger partial charge on any atom is 0.254 e. The van der Waals surface area contributed by atoms with Gasteiger partial charge in [-0.3, -0.25) is 14.5 Å². The number of likely N-dealkylation sites (tertiary alicyclic amines) is 2. The van der Waals surface area contributed by atoms with Crippen molar-refractivity contribution in [2.75, 3.05) is 61.4 Å². The van der Waals surface area contributed by atoms with Crippen LogP contribution in [0.4, 0.5) is 17.2 Å². The summed E-state index contributed by atoms with van der Waals surface area (Å²) in [6.45, 7) is 12.3. The zero-order valence-electron chi connectivity index (χ0n) is 45.1. The van der Waals surface area contributed by atoms with E-state index in [1.807, 2.05) is 88.0 Å². The first-order valence-corrected chi connectivity index (χ1v) is 27.6. The number of aliphatic hydroxyl groups is 1. The van der Waals surface area contributed by atoms with Crippen molar-refractivity contribution in [3.8, 4) is 40.0 Å². The molecule has 1 aliphatic carbocycles. The fraction of sp³-hybridized carbons (Fsp3) is 0.500. The van der Waals surface area contributed by atoms with Crippen LogP contribution in [0.3, 0.4) is 0 Å². The molecular formula is C58H72N12O8. The SMILES string of the molecule is Cc1ncn(C)c1-c1ccc([C@H](C)NC(=O)[C@@H]2C[C@@H](O)CN2C(=O)[C@@H](c2cc(OCCN3CCC(OC4CC(Oc5cc(N6C7CCC6CN(c6cc(-c8ccccc8O)nnc6N)C7)ccn5)C4)CC3)no2)C(C)C)cc1. The Kier molecular flexibility index (Phi) is 15.3. The molecule has 5 fully saturated rings. The molecule has 412 valence electrons.